The summed E-state index contributed by atoms with van der Waals surface area (Å²) in [6, 6.07) is 0. The summed E-state index contributed by atoms with van der Waals surface area (Å²) in [6.45, 7) is 5.54. The molecule has 1 heterocycles. The third-order valence-corrected chi connectivity index (χ3v) is 5.43. The van der Waals surface area contributed by atoms with Crippen LogP contribution in [0.5, 0.6) is 0 Å². The molecule has 5 nitrogen and oxygen atoms in total. The maximum Gasteiger partial charge on any atom is 0.230 e. The molecule has 0 bridgehead atoms. The van der Waals surface area contributed by atoms with Crippen molar-refractivity contribution in [2.75, 3.05) is 19.6 Å². The maximum absolute atomic E-state index is 12.9. The van der Waals surface area contributed by atoms with Crippen molar-refractivity contribution in [1.29, 1.82) is 0 Å². The second kappa shape index (κ2) is 5.35. The third-order valence-electron chi connectivity index (χ3n) is 5.43. The Labute approximate surface area is 121 Å². The lowest BCUT2D eigenvalue weighted by Gasteiger charge is -2.40. The van der Waals surface area contributed by atoms with Gasteiger partial charge in [0, 0.05) is 19.6 Å². The van der Waals surface area contributed by atoms with Gasteiger partial charge in [0.1, 0.15) is 0 Å². The van der Waals surface area contributed by atoms with E-state index < -0.39 is 10.8 Å². The summed E-state index contributed by atoms with van der Waals surface area (Å²) >= 11 is 0. The molecule has 1 saturated carbocycles. The first kappa shape index (κ1) is 15.3. The summed E-state index contributed by atoms with van der Waals surface area (Å²) in [4.78, 5) is 26.2. The first-order valence-corrected chi connectivity index (χ1v) is 7.62. The van der Waals surface area contributed by atoms with Gasteiger partial charge in [0.25, 0.3) is 0 Å². The van der Waals surface area contributed by atoms with Crippen LogP contribution in [0.2, 0.25) is 0 Å². The van der Waals surface area contributed by atoms with Gasteiger partial charge in [0.05, 0.1) is 10.8 Å². The molecule has 2 amide bonds. The molecule has 114 valence electrons. The average molecular weight is 281 g/mol. The van der Waals surface area contributed by atoms with E-state index in [1.165, 1.54) is 0 Å². The van der Waals surface area contributed by atoms with E-state index >= 15 is 0 Å². The highest BCUT2D eigenvalue weighted by Crippen LogP contribution is 2.41. The van der Waals surface area contributed by atoms with Crippen molar-refractivity contribution in [1.82, 2.24) is 4.90 Å². The predicted molar refractivity (Wildman–Crippen MR) is 77.6 cm³/mol. The first-order valence-electron chi connectivity index (χ1n) is 7.62. The highest BCUT2D eigenvalue weighted by molar-refractivity contribution is 5.86. The van der Waals surface area contributed by atoms with E-state index in [0.717, 1.165) is 25.7 Å². The Morgan fingerprint density at radius 3 is 2.30 bits per heavy atom. The minimum Gasteiger partial charge on any atom is -0.369 e. The van der Waals surface area contributed by atoms with Crippen molar-refractivity contribution in [2.24, 2.45) is 28.2 Å². The lowest BCUT2D eigenvalue weighted by molar-refractivity contribution is -0.143. The average Bonchev–Trinajstić information content (AvgIpc) is 2.83. The van der Waals surface area contributed by atoms with Crippen LogP contribution in [0.4, 0.5) is 0 Å². The molecule has 0 radical (unpaired) electrons. The Hall–Kier alpha value is -1.10. The quantitative estimate of drug-likeness (QED) is 0.804. The molecule has 0 aromatic rings. The second-order valence-electron chi connectivity index (χ2n) is 7.07. The monoisotopic (exact) mass is 281 g/mol. The van der Waals surface area contributed by atoms with Crippen molar-refractivity contribution in [3.05, 3.63) is 0 Å². The van der Waals surface area contributed by atoms with E-state index in [-0.39, 0.29) is 11.8 Å². The van der Waals surface area contributed by atoms with E-state index in [4.69, 9.17) is 11.5 Å². The number of likely N-dealkylation sites (tertiary alicyclic amines) is 1. The molecule has 1 aliphatic carbocycles. The van der Waals surface area contributed by atoms with Gasteiger partial charge >= 0.3 is 0 Å². The van der Waals surface area contributed by atoms with Gasteiger partial charge in [-0.2, -0.15) is 0 Å². The fourth-order valence-electron chi connectivity index (χ4n) is 3.49. The number of nitrogens with zero attached hydrogens (tertiary/aromatic N) is 1. The number of carbonyl (C=O) groups is 2. The van der Waals surface area contributed by atoms with Gasteiger partial charge in [-0.05, 0) is 44.9 Å². The van der Waals surface area contributed by atoms with Gasteiger partial charge in [-0.15, -0.1) is 0 Å². The molecule has 0 aromatic heterocycles. The SMILES string of the molecule is CC1CCC(CN)(C(=O)N2CCC(C)(C(N)=O)C2)CC1. The fourth-order valence-corrected chi connectivity index (χ4v) is 3.49. The summed E-state index contributed by atoms with van der Waals surface area (Å²) in [6.07, 6.45) is 4.51. The summed E-state index contributed by atoms with van der Waals surface area (Å²) < 4.78 is 0. The van der Waals surface area contributed by atoms with Gasteiger partial charge in [-0.25, -0.2) is 0 Å². The van der Waals surface area contributed by atoms with E-state index in [1.54, 1.807) is 0 Å². The number of hydrogen-bond acceptors (Lipinski definition) is 3. The highest BCUT2D eigenvalue weighted by Gasteiger charge is 2.47. The standard InChI is InChI=1S/C15H27N3O2/c1-11-3-5-15(9-16,6-4-11)13(20)18-8-7-14(2,10-18)12(17)19/h11H,3-10,16H2,1-2H3,(H2,17,19). The summed E-state index contributed by atoms with van der Waals surface area (Å²) in [7, 11) is 0. The normalized spacial score (nSPS) is 38.0. The van der Waals surface area contributed by atoms with Crippen LogP contribution in [-0.4, -0.2) is 36.3 Å². The van der Waals surface area contributed by atoms with Crippen LogP contribution in [0.1, 0.15) is 46.0 Å². The van der Waals surface area contributed by atoms with Crippen LogP contribution in [0, 0.1) is 16.7 Å². The van der Waals surface area contributed by atoms with Crippen molar-refractivity contribution in [2.45, 2.75) is 46.0 Å². The zero-order valence-corrected chi connectivity index (χ0v) is 12.7. The zero-order valence-electron chi connectivity index (χ0n) is 12.7. The van der Waals surface area contributed by atoms with Crippen LogP contribution >= 0.6 is 0 Å². The number of primary amides is 1. The van der Waals surface area contributed by atoms with E-state index in [9.17, 15) is 9.59 Å². The minimum atomic E-state index is -0.576. The Kier molecular flexibility index (Phi) is 4.09. The number of nitrogens with two attached hydrogens (primary N) is 2. The van der Waals surface area contributed by atoms with Gasteiger partial charge in [0.2, 0.25) is 11.8 Å². The Balaban J connectivity index is 2.09. The zero-order chi connectivity index (χ0) is 15.0. The molecular formula is C15H27N3O2. The van der Waals surface area contributed by atoms with Crippen LogP contribution in [0.25, 0.3) is 0 Å². The number of hydrogen-bond donors (Lipinski definition) is 2. The topological polar surface area (TPSA) is 89.4 Å². The molecule has 0 spiro atoms. The first-order chi connectivity index (χ1) is 9.33. The highest BCUT2D eigenvalue weighted by atomic mass is 16.2. The minimum absolute atomic E-state index is 0.136. The van der Waals surface area contributed by atoms with E-state index in [0.29, 0.717) is 32.0 Å². The second-order valence-corrected chi connectivity index (χ2v) is 7.07. The summed E-state index contributed by atoms with van der Waals surface area (Å²) in [5.41, 5.74) is 10.4. The predicted octanol–water partition coefficient (Wildman–Crippen LogP) is 0.866. The van der Waals surface area contributed by atoms with Crippen molar-refractivity contribution in [3.8, 4) is 0 Å². The molecule has 1 saturated heterocycles. The molecule has 0 aromatic carbocycles. The lowest BCUT2D eigenvalue weighted by Crippen LogP contribution is -2.50. The molecular weight excluding hydrogens is 254 g/mol. The Morgan fingerprint density at radius 1 is 1.25 bits per heavy atom. The molecule has 4 N–H and O–H groups in total. The summed E-state index contributed by atoms with van der Waals surface area (Å²) in [5, 5.41) is 0. The van der Waals surface area contributed by atoms with E-state index in [2.05, 4.69) is 6.92 Å². The molecule has 2 fully saturated rings. The lowest BCUT2D eigenvalue weighted by atomic mass is 9.70. The molecule has 2 rings (SSSR count). The molecule has 1 aliphatic heterocycles. The Bertz CT molecular complexity index is 402. The largest absolute Gasteiger partial charge is 0.369 e. The molecule has 20 heavy (non-hydrogen) atoms. The number of rotatable bonds is 3. The van der Waals surface area contributed by atoms with Gasteiger partial charge in [-0.3, -0.25) is 9.59 Å². The van der Waals surface area contributed by atoms with Gasteiger partial charge in [0.15, 0.2) is 0 Å². The van der Waals surface area contributed by atoms with Crippen molar-refractivity contribution >= 4 is 11.8 Å². The molecule has 1 unspecified atom stereocenters. The van der Waals surface area contributed by atoms with Crippen LogP contribution in [0.15, 0.2) is 0 Å². The fraction of sp³-hybridized carbons (Fsp3) is 0.867. The smallest absolute Gasteiger partial charge is 0.230 e. The Morgan fingerprint density at radius 2 is 1.85 bits per heavy atom. The van der Waals surface area contributed by atoms with Crippen LogP contribution in [0.3, 0.4) is 0 Å². The van der Waals surface area contributed by atoms with Crippen LogP contribution < -0.4 is 11.5 Å². The molecule has 5 heteroatoms. The summed E-state index contributed by atoms with van der Waals surface area (Å²) in [5.74, 6) is 0.501. The number of amides is 2. The van der Waals surface area contributed by atoms with Crippen LogP contribution in [-0.2, 0) is 9.59 Å². The van der Waals surface area contributed by atoms with Gasteiger partial charge < -0.3 is 16.4 Å². The molecule has 2 aliphatic rings. The van der Waals surface area contributed by atoms with Crippen molar-refractivity contribution in [3.63, 3.8) is 0 Å². The number of carbonyl (C=O) groups excluding carboxylic acids is 2. The van der Waals surface area contributed by atoms with Crippen molar-refractivity contribution < 1.29 is 9.59 Å². The van der Waals surface area contributed by atoms with E-state index in [1.807, 2.05) is 11.8 Å². The third kappa shape index (κ3) is 2.55. The van der Waals surface area contributed by atoms with Gasteiger partial charge in [-0.1, -0.05) is 6.92 Å². The maximum atomic E-state index is 12.9. The molecule has 1 atom stereocenters.